The number of nitrogens with one attached hydrogen (secondary N) is 2. The predicted octanol–water partition coefficient (Wildman–Crippen LogP) is 2.29. The molecule has 138 valence electrons. The Hall–Kier alpha value is -2.33. The topological polar surface area (TPSA) is 42.8 Å². The highest BCUT2D eigenvalue weighted by Gasteiger charge is 2.27. The fraction of sp³-hybridized carbons (Fsp3) is 0.409. The lowest BCUT2D eigenvalue weighted by molar-refractivity contribution is -0.908. The summed E-state index contributed by atoms with van der Waals surface area (Å²) >= 11 is 0. The predicted molar refractivity (Wildman–Crippen MR) is 103 cm³/mol. The number of fused-ring (bicyclic) bond motifs is 1. The third-order valence-corrected chi connectivity index (χ3v) is 5.46. The average Bonchev–Trinajstić information content (AvgIpc) is 2.68. The molecule has 2 N–H and O–H groups in total. The van der Waals surface area contributed by atoms with Crippen LogP contribution in [0.15, 0.2) is 48.5 Å². The molecule has 0 heterocycles. The summed E-state index contributed by atoms with van der Waals surface area (Å²) in [4.78, 5) is 14.0. The highest BCUT2D eigenvalue weighted by molar-refractivity contribution is 5.80. The Kier molecular flexibility index (Phi) is 5.94. The lowest BCUT2D eigenvalue weighted by Crippen LogP contribution is -3.12. The normalized spacial score (nSPS) is 18.5. The number of ether oxygens (including phenoxy) is 1. The molecule has 1 amide bonds. The number of benzene rings is 2. The van der Waals surface area contributed by atoms with Crippen molar-refractivity contribution >= 4 is 5.91 Å². The van der Waals surface area contributed by atoms with Gasteiger partial charge in [-0.2, -0.15) is 0 Å². The van der Waals surface area contributed by atoms with Gasteiger partial charge in [-0.3, -0.25) is 4.79 Å². The number of amides is 1. The van der Waals surface area contributed by atoms with E-state index in [9.17, 15) is 4.79 Å². The summed E-state index contributed by atoms with van der Waals surface area (Å²) < 4.78 is 5.20. The number of methoxy groups -OCH3 is 1. The molecule has 4 nitrogen and oxygen atoms in total. The van der Waals surface area contributed by atoms with Gasteiger partial charge in [0.25, 0.3) is 5.91 Å². The maximum atomic E-state index is 12.8. The van der Waals surface area contributed by atoms with Crippen molar-refractivity contribution in [2.24, 2.45) is 0 Å². The molecule has 1 aliphatic carbocycles. The van der Waals surface area contributed by atoms with Gasteiger partial charge in [0.2, 0.25) is 0 Å². The summed E-state index contributed by atoms with van der Waals surface area (Å²) in [5, 5.41) is 3.28. The van der Waals surface area contributed by atoms with E-state index in [-0.39, 0.29) is 18.0 Å². The number of quaternary nitrogens is 1. The molecular weight excluding hydrogens is 324 g/mol. The number of carbonyl (C=O) groups is 1. The molecule has 3 atom stereocenters. The molecule has 26 heavy (non-hydrogen) atoms. The van der Waals surface area contributed by atoms with Gasteiger partial charge in [0.15, 0.2) is 6.04 Å². The number of carbonyl (C=O) groups excluding carboxylic acids is 1. The summed E-state index contributed by atoms with van der Waals surface area (Å²) in [6.45, 7) is 2.81. The standard InChI is InChI=1S/C22H28N2O2/c1-16(24(2)15-17-11-13-19(26-3)14-12-17)22(25)23-21-10-6-8-18-7-4-5-9-20(18)21/h4-5,7,9,11-14,16,21H,6,8,10,15H2,1-3H3,(H,23,25)/p+1/t16-,21+/m0/s1. The van der Waals surface area contributed by atoms with Crippen LogP contribution in [0.3, 0.4) is 0 Å². The van der Waals surface area contributed by atoms with E-state index in [4.69, 9.17) is 4.74 Å². The van der Waals surface area contributed by atoms with Crippen LogP contribution < -0.4 is 15.0 Å². The minimum absolute atomic E-state index is 0.105. The molecule has 0 spiro atoms. The van der Waals surface area contributed by atoms with Crippen molar-refractivity contribution in [2.45, 2.75) is 44.8 Å². The largest absolute Gasteiger partial charge is 0.497 e. The van der Waals surface area contributed by atoms with E-state index in [2.05, 4.69) is 48.8 Å². The van der Waals surface area contributed by atoms with Gasteiger partial charge in [0.05, 0.1) is 20.2 Å². The van der Waals surface area contributed by atoms with Gasteiger partial charge in [-0.1, -0.05) is 24.3 Å². The first-order valence-corrected chi connectivity index (χ1v) is 9.42. The van der Waals surface area contributed by atoms with Gasteiger partial charge in [0.1, 0.15) is 12.3 Å². The molecule has 2 aromatic carbocycles. The molecule has 0 fully saturated rings. The molecule has 4 heteroatoms. The van der Waals surface area contributed by atoms with E-state index in [1.165, 1.54) is 21.6 Å². The molecule has 0 saturated carbocycles. The number of aryl methyl sites for hydroxylation is 1. The van der Waals surface area contributed by atoms with E-state index >= 15 is 0 Å². The molecule has 0 aliphatic heterocycles. The zero-order valence-electron chi connectivity index (χ0n) is 15.9. The van der Waals surface area contributed by atoms with Gasteiger partial charge in [-0.05, 0) is 61.6 Å². The average molecular weight is 353 g/mol. The van der Waals surface area contributed by atoms with Crippen LogP contribution in [0, 0.1) is 0 Å². The van der Waals surface area contributed by atoms with Crippen LogP contribution in [0.2, 0.25) is 0 Å². The van der Waals surface area contributed by atoms with Crippen molar-refractivity contribution in [1.82, 2.24) is 5.32 Å². The molecule has 1 unspecified atom stereocenters. The number of rotatable bonds is 6. The molecule has 2 aromatic rings. The minimum atomic E-state index is -0.105. The molecule has 3 rings (SSSR count). The Morgan fingerprint density at radius 2 is 1.96 bits per heavy atom. The minimum Gasteiger partial charge on any atom is -0.497 e. The Morgan fingerprint density at radius 3 is 2.69 bits per heavy atom. The molecule has 0 radical (unpaired) electrons. The second-order valence-electron chi connectivity index (χ2n) is 7.25. The molecular formula is C22H29N2O2+. The zero-order chi connectivity index (χ0) is 18.5. The van der Waals surface area contributed by atoms with Gasteiger partial charge in [-0.25, -0.2) is 0 Å². The SMILES string of the molecule is COc1ccc(C[NH+](C)[C@@H](C)C(=O)N[C@@H]2CCCc3ccccc32)cc1. The van der Waals surface area contributed by atoms with Crippen molar-refractivity contribution in [2.75, 3.05) is 14.2 Å². The summed E-state index contributed by atoms with van der Waals surface area (Å²) in [6.07, 6.45) is 3.26. The van der Waals surface area contributed by atoms with Crippen molar-refractivity contribution < 1.29 is 14.4 Å². The van der Waals surface area contributed by atoms with Crippen molar-refractivity contribution in [3.63, 3.8) is 0 Å². The Morgan fingerprint density at radius 1 is 1.23 bits per heavy atom. The lowest BCUT2D eigenvalue weighted by atomic mass is 9.87. The van der Waals surface area contributed by atoms with Gasteiger partial charge < -0.3 is 15.0 Å². The van der Waals surface area contributed by atoms with Crippen LogP contribution >= 0.6 is 0 Å². The summed E-state index contributed by atoms with van der Waals surface area (Å²) in [5.74, 6) is 0.978. The van der Waals surface area contributed by atoms with E-state index in [1.54, 1.807) is 7.11 Å². The Bertz CT molecular complexity index is 742. The number of hydrogen-bond acceptors (Lipinski definition) is 2. The maximum Gasteiger partial charge on any atom is 0.278 e. The van der Waals surface area contributed by atoms with Crippen LogP contribution in [-0.4, -0.2) is 26.1 Å². The number of likely N-dealkylation sites (N-methyl/N-ethyl adjacent to an activating group) is 1. The van der Waals surface area contributed by atoms with Crippen LogP contribution in [-0.2, 0) is 17.8 Å². The van der Waals surface area contributed by atoms with Crippen LogP contribution in [0.4, 0.5) is 0 Å². The van der Waals surface area contributed by atoms with Crippen LogP contribution in [0.1, 0.15) is 42.5 Å². The maximum absolute atomic E-state index is 12.8. The Labute approximate surface area is 156 Å². The third kappa shape index (κ3) is 4.25. The highest BCUT2D eigenvalue weighted by Crippen LogP contribution is 2.29. The molecule has 0 saturated heterocycles. The third-order valence-electron chi connectivity index (χ3n) is 5.46. The molecule has 1 aliphatic rings. The molecule has 0 aromatic heterocycles. The van der Waals surface area contributed by atoms with Crippen molar-refractivity contribution in [1.29, 1.82) is 0 Å². The summed E-state index contributed by atoms with van der Waals surface area (Å²) in [5.41, 5.74) is 3.86. The van der Waals surface area contributed by atoms with Gasteiger partial charge in [0, 0.05) is 5.56 Å². The highest BCUT2D eigenvalue weighted by atomic mass is 16.5. The second-order valence-corrected chi connectivity index (χ2v) is 7.25. The van der Waals surface area contributed by atoms with Crippen molar-refractivity contribution in [3.8, 4) is 5.75 Å². The lowest BCUT2D eigenvalue weighted by Gasteiger charge is -2.28. The second kappa shape index (κ2) is 8.37. The summed E-state index contributed by atoms with van der Waals surface area (Å²) in [6, 6.07) is 16.6. The first-order chi connectivity index (χ1) is 12.6. The van der Waals surface area contributed by atoms with E-state index in [0.717, 1.165) is 31.6 Å². The van der Waals surface area contributed by atoms with E-state index in [0.29, 0.717) is 0 Å². The Balaban J connectivity index is 1.60. The zero-order valence-corrected chi connectivity index (χ0v) is 15.9. The van der Waals surface area contributed by atoms with Gasteiger partial charge in [-0.15, -0.1) is 0 Å². The van der Waals surface area contributed by atoms with Crippen LogP contribution in [0.5, 0.6) is 5.75 Å². The van der Waals surface area contributed by atoms with E-state index in [1.807, 2.05) is 19.1 Å². The van der Waals surface area contributed by atoms with Crippen LogP contribution in [0.25, 0.3) is 0 Å². The smallest absolute Gasteiger partial charge is 0.278 e. The number of hydrogen-bond donors (Lipinski definition) is 2. The first-order valence-electron chi connectivity index (χ1n) is 9.42. The quantitative estimate of drug-likeness (QED) is 0.837. The van der Waals surface area contributed by atoms with Crippen molar-refractivity contribution in [3.05, 3.63) is 65.2 Å². The first kappa shape index (κ1) is 18.5. The fourth-order valence-electron chi connectivity index (χ4n) is 3.64. The summed E-state index contributed by atoms with van der Waals surface area (Å²) in [7, 11) is 3.74. The monoisotopic (exact) mass is 353 g/mol. The van der Waals surface area contributed by atoms with Gasteiger partial charge >= 0.3 is 0 Å². The molecule has 0 bridgehead atoms. The van der Waals surface area contributed by atoms with E-state index < -0.39 is 0 Å². The fourth-order valence-corrected chi connectivity index (χ4v) is 3.64.